The number of nitrogens with two attached hydrogens (primary N) is 1. The molecular formula is C16H25N3O3. The molecule has 1 aromatic rings. The smallest absolute Gasteiger partial charge is 0.410 e. The molecule has 122 valence electrons. The number of likely N-dealkylation sites (tertiary alicyclic amines) is 1. The topological polar surface area (TPSA) is 77.7 Å². The number of hydrogen-bond donors (Lipinski definition) is 1. The lowest BCUT2D eigenvalue weighted by atomic mass is 9.99. The summed E-state index contributed by atoms with van der Waals surface area (Å²) in [5.74, 6) is 0.851. The predicted octanol–water partition coefficient (Wildman–Crippen LogP) is 2.69. The summed E-state index contributed by atoms with van der Waals surface area (Å²) in [7, 11) is 0. The number of nitrogen functional groups attached to an aromatic ring is 1. The average molecular weight is 307 g/mol. The third-order valence-corrected chi connectivity index (χ3v) is 3.40. The van der Waals surface area contributed by atoms with Crippen molar-refractivity contribution in [1.82, 2.24) is 9.88 Å². The molecule has 1 aliphatic rings. The number of pyridine rings is 1. The van der Waals surface area contributed by atoms with Crippen LogP contribution < -0.4 is 10.5 Å². The van der Waals surface area contributed by atoms with E-state index in [2.05, 4.69) is 4.98 Å². The second-order valence-electron chi connectivity index (χ2n) is 6.68. The number of rotatable bonds is 3. The highest BCUT2D eigenvalue weighted by atomic mass is 16.6. The minimum Gasteiger partial charge on any atom is -0.477 e. The highest BCUT2D eigenvalue weighted by molar-refractivity contribution is 5.68. The van der Waals surface area contributed by atoms with Crippen molar-refractivity contribution in [3.63, 3.8) is 0 Å². The molecule has 0 spiro atoms. The predicted molar refractivity (Wildman–Crippen MR) is 84.7 cm³/mol. The van der Waals surface area contributed by atoms with Gasteiger partial charge < -0.3 is 20.1 Å². The highest BCUT2D eigenvalue weighted by Gasteiger charge is 2.27. The lowest BCUT2D eigenvalue weighted by Crippen LogP contribution is -2.44. The van der Waals surface area contributed by atoms with Gasteiger partial charge in [-0.15, -0.1) is 0 Å². The average Bonchev–Trinajstić information content (AvgIpc) is 2.45. The van der Waals surface area contributed by atoms with Crippen LogP contribution in [-0.4, -0.2) is 41.3 Å². The molecule has 0 unspecified atom stereocenters. The highest BCUT2D eigenvalue weighted by Crippen LogP contribution is 2.20. The number of aromatic nitrogens is 1. The van der Waals surface area contributed by atoms with Crippen molar-refractivity contribution in [2.75, 3.05) is 25.4 Å². The fraction of sp³-hybridized carbons (Fsp3) is 0.625. The summed E-state index contributed by atoms with van der Waals surface area (Å²) >= 11 is 0. The SMILES string of the molecule is CC(C)(C)OC(=O)N1CCC[C@@H](COc2ccc(N)cn2)C1. The molecule has 2 rings (SSSR count). The Morgan fingerprint density at radius 1 is 1.45 bits per heavy atom. The van der Waals surface area contributed by atoms with Gasteiger partial charge in [-0.3, -0.25) is 0 Å². The summed E-state index contributed by atoms with van der Waals surface area (Å²) in [6.07, 6.45) is 3.32. The Morgan fingerprint density at radius 2 is 2.23 bits per heavy atom. The fourth-order valence-electron chi connectivity index (χ4n) is 2.37. The maximum absolute atomic E-state index is 12.1. The van der Waals surface area contributed by atoms with Crippen molar-refractivity contribution in [3.8, 4) is 5.88 Å². The molecule has 1 fully saturated rings. The first-order valence-electron chi connectivity index (χ1n) is 7.66. The summed E-state index contributed by atoms with van der Waals surface area (Å²) in [5.41, 5.74) is 5.74. The molecule has 1 amide bonds. The minimum absolute atomic E-state index is 0.247. The summed E-state index contributed by atoms with van der Waals surface area (Å²) in [6.45, 7) is 7.57. The summed E-state index contributed by atoms with van der Waals surface area (Å²) in [5, 5.41) is 0. The zero-order chi connectivity index (χ0) is 16.2. The van der Waals surface area contributed by atoms with Crippen LogP contribution in [0.4, 0.5) is 10.5 Å². The summed E-state index contributed by atoms with van der Waals surface area (Å²) in [6, 6.07) is 3.51. The van der Waals surface area contributed by atoms with Gasteiger partial charge in [0.1, 0.15) is 5.60 Å². The fourth-order valence-corrected chi connectivity index (χ4v) is 2.37. The number of anilines is 1. The monoisotopic (exact) mass is 307 g/mol. The van der Waals surface area contributed by atoms with E-state index in [1.807, 2.05) is 20.8 Å². The molecule has 0 aromatic carbocycles. The van der Waals surface area contributed by atoms with Crippen LogP contribution in [0.25, 0.3) is 0 Å². The zero-order valence-electron chi connectivity index (χ0n) is 13.5. The largest absolute Gasteiger partial charge is 0.477 e. The molecule has 2 heterocycles. The Morgan fingerprint density at radius 3 is 2.86 bits per heavy atom. The van der Waals surface area contributed by atoms with Crippen LogP contribution in [0.15, 0.2) is 18.3 Å². The van der Waals surface area contributed by atoms with Gasteiger partial charge in [0.15, 0.2) is 0 Å². The molecule has 22 heavy (non-hydrogen) atoms. The molecule has 1 atom stereocenters. The molecule has 0 radical (unpaired) electrons. The number of hydrogen-bond acceptors (Lipinski definition) is 5. The zero-order valence-corrected chi connectivity index (χ0v) is 13.5. The van der Waals surface area contributed by atoms with Crippen molar-refractivity contribution < 1.29 is 14.3 Å². The van der Waals surface area contributed by atoms with Gasteiger partial charge in [-0.25, -0.2) is 9.78 Å². The molecule has 6 nitrogen and oxygen atoms in total. The van der Waals surface area contributed by atoms with E-state index in [9.17, 15) is 4.79 Å². The van der Waals surface area contributed by atoms with Gasteiger partial charge in [-0.1, -0.05) is 0 Å². The van der Waals surface area contributed by atoms with E-state index >= 15 is 0 Å². The Balaban J connectivity index is 1.82. The Kier molecular flexibility index (Phi) is 5.11. The molecule has 1 aliphatic heterocycles. The molecule has 0 bridgehead atoms. The summed E-state index contributed by atoms with van der Waals surface area (Å²) in [4.78, 5) is 18.0. The standard InChI is InChI=1S/C16H25N3O3/c1-16(2,3)22-15(20)19-8-4-5-12(10-19)11-21-14-7-6-13(17)9-18-14/h6-7,9,12H,4-5,8,10-11,17H2,1-3H3/t12-/m1/s1. The molecule has 2 N–H and O–H groups in total. The Hall–Kier alpha value is -1.98. The number of piperidine rings is 1. The van der Waals surface area contributed by atoms with Crippen molar-refractivity contribution >= 4 is 11.8 Å². The lowest BCUT2D eigenvalue weighted by Gasteiger charge is -2.33. The molecule has 1 aromatic heterocycles. The van der Waals surface area contributed by atoms with Gasteiger partial charge in [-0.05, 0) is 39.7 Å². The van der Waals surface area contributed by atoms with Crippen LogP contribution in [0.3, 0.4) is 0 Å². The van der Waals surface area contributed by atoms with Gasteiger partial charge in [0.2, 0.25) is 5.88 Å². The molecule has 0 saturated carbocycles. The molecule has 1 saturated heterocycles. The Labute approximate surface area is 131 Å². The van der Waals surface area contributed by atoms with Crippen LogP contribution >= 0.6 is 0 Å². The van der Waals surface area contributed by atoms with Crippen LogP contribution in [0.5, 0.6) is 5.88 Å². The first kappa shape index (κ1) is 16.4. The van der Waals surface area contributed by atoms with Crippen LogP contribution in [0.2, 0.25) is 0 Å². The number of carbonyl (C=O) groups is 1. The van der Waals surface area contributed by atoms with Crippen LogP contribution in [0.1, 0.15) is 33.6 Å². The van der Waals surface area contributed by atoms with Gasteiger partial charge in [0.05, 0.1) is 18.5 Å². The van der Waals surface area contributed by atoms with E-state index in [-0.39, 0.29) is 6.09 Å². The maximum Gasteiger partial charge on any atom is 0.410 e. The first-order chi connectivity index (χ1) is 10.3. The lowest BCUT2D eigenvalue weighted by molar-refractivity contribution is 0.0138. The quantitative estimate of drug-likeness (QED) is 0.929. The van der Waals surface area contributed by atoms with Gasteiger partial charge >= 0.3 is 6.09 Å². The number of nitrogens with zero attached hydrogens (tertiary/aromatic N) is 2. The van der Waals surface area contributed by atoms with Gasteiger partial charge in [0.25, 0.3) is 0 Å². The first-order valence-corrected chi connectivity index (χ1v) is 7.66. The second kappa shape index (κ2) is 6.85. The molecular weight excluding hydrogens is 282 g/mol. The van der Waals surface area contributed by atoms with Gasteiger partial charge in [-0.2, -0.15) is 0 Å². The molecule has 0 aliphatic carbocycles. The third kappa shape index (κ3) is 5.09. The van der Waals surface area contributed by atoms with E-state index in [0.29, 0.717) is 30.6 Å². The van der Waals surface area contributed by atoms with Crippen LogP contribution in [0, 0.1) is 5.92 Å². The van der Waals surface area contributed by atoms with Crippen LogP contribution in [-0.2, 0) is 4.74 Å². The van der Waals surface area contributed by atoms with Crippen molar-refractivity contribution in [2.24, 2.45) is 5.92 Å². The second-order valence-corrected chi connectivity index (χ2v) is 6.68. The summed E-state index contributed by atoms with van der Waals surface area (Å²) < 4.78 is 11.1. The van der Waals surface area contributed by atoms with Crippen molar-refractivity contribution in [2.45, 2.75) is 39.2 Å². The Bertz CT molecular complexity index is 496. The maximum atomic E-state index is 12.1. The van der Waals surface area contributed by atoms with Gasteiger partial charge in [0, 0.05) is 25.1 Å². The van der Waals surface area contributed by atoms with Crippen molar-refractivity contribution in [1.29, 1.82) is 0 Å². The third-order valence-electron chi connectivity index (χ3n) is 3.40. The van der Waals surface area contributed by atoms with E-state index in [1.54, 1.807) is 23.2 Å². The minimum atomic E-state index is -0.464. The number of amides is 1. The normalized spacial score (nSPS) is 18.9. The van der Waals surface area contributed by atoms with E-state index in [1.165, 1.54) is 0 Å². The van der Waals surface area contributed by atoms with Crippen molar-refractivity contribution in [3.05, 3.63) is 18.3 Å². The number of carbonyl (C=O) groups excluding carboxylic acids is 1. The molecule has 6 heteroatoms. The van der Waals surface area contributed by atoms with E-state index in [0.717, 1.165) is 19.4 Å². The van der Waals surface area contributed by atoms with E-state index in [4.69, 9.17) is 15.2 Å². The number of ether oxygens (including phenoxy) is 2. The van der Waals surface area contributed by atoms with E-state index < -0.39 is 5.60 Å².